The van der Waals surface area contributed by atoms with Crippen molar-refractivity contribution in [3.05, 3.63) is 12.2 Å². The van der Waals surface area contributed by atoms with Crippen molar-refractivity contribution in [2.45, 2.75) is 57.5 Å². The van der Waals surface area contributed by atoms with E-state index in [1.54, 1.807) is 6.08 Å². The normalized spacial score (nSPS) is 46.3. The van der Waals surface area contributed by atoms with E-state index < -0.39 is 23.3 Å². The molecule has 0 amide bonds. The fraction of sp³-hybridized carbons (Fsp3) is 0.750. The minimum Gasteiger partial charge on any atom is -0.481 e. The van der Waals surface area contributed by atoms with E-state index in [0.29, 0.717) is 12.8 Å². The molecule has 0 aromatic carbocycles. The van der Waals surface area contributed by atoms with Gasteiger partial charge in [0.2, 0.25) is 0 Å². The predicted octanol–water partition coefficient (Wildman–Crippen LogP) is 1.69. The lowest BCUT2D eigenvalue weighted by Crippen LogP contribution is -2.48. The molecule has 2 N–H and O–H groups in total. The molecule has 22 heavy (non-hydrogen) atoms. The van der Waals surface area contributed by atoms with Gasteiger partial charge in [-0.1, -0.05) is 12.2 Å². The third-order valence-corrected chi connectivity index (χ3v) is 5.29. The Bertz CT molecular complexity index is 515. The number of hydrogen-bond acceptors (Lipinski definition) is 4. The van der Waals surface area contributed by atoms with E-state index in [0.717, 1.165) is 0 Å². The first-order valence-electron chi connectivity index (χ1n) is 7.80. The Labute approximate surface area is 129 Å². The Morgan fingerprint density at radius 1 is 1.18 bits per heavy atom. The molecule has 1 aliphatic carbocycles. The monoisotopic (exact) mass is 310 g/mol. The first kappa shape index (κ1) is 15.5. The smallest absolute Gasteiger partial charge is 0.314 e. The Hall–Kier alpha value is -1.40. The van der Waals surface area contributed by atoms with E-state index in [4.69, 9.17) is 9.47 Å². The Kier molecular flexibility index (Phi) is 3.77. The Balaban J connectivity index is 1.87. The van der Waals surface area contributed by atoms with Crippen molar-refractivity contribution >= 4 is 11.9 Å². The van der Waals surface area contributed by atoms with Crippen LogP contribution in [-0.4, -0.2) is 46.6 Å². The van der Waals surface area contributed by atoms with Crippen LogP contribution in [0.3, 0.4) is 0 Å². The van der Waals surface area contributed by atoms with Gasteiger partial charge in [0, 0.05) is 0 Å². The molecule has 0 aromatic heterocycles. The molecule has 0 aromatic rings. The number of epoxide rings is 2. The van der Waals surface area contributed by atoms with E-state index in [-0.39, 0.29) is 36.8 Å². The molecule has 2 fully saturated rings. The SMILES string of the molecule is CC1OC1CC1CC=CC(CC2OC2C)(C(=O)O)C1C(=O)O. The largest absolute Gasteiger partial charge is 0.481 e. The molecule has 6 nitrogen and oxygen atoms in total. The fourth-order valence-electron chi connectivity index (χ4n) is 3.81. The first-order valence-corrected chi connectivity index (χ1v) is 7.80. The van der Waals surface area contributed by atoms with Crippen molar-refractivity contribution in [1.29, 1.82) is 0 Å². The molecule has 3 aliphatic rings. The van der Waals surface area contributed by atoms with Gasteiger partial charge < -0.3 is 19.7 Å². The van der Waals surface area contributed by atoms with Gasteiger partial charge in [-0.3, -0.25) is 9.59 Å². The molecule has 2 saturated heterocycles. The van der Waals surface area contributed by atoms with Gasteiger partial charge in [0.05, 0.1) is 30.3 Å². The van der Waals surface area contributed by atoms with Gasteiger partial charge >= 0.3 is 11.9 Å². The maximum atomic E-state index is 12.0. The molecule has 0 radical (unpaired) electrons. The summed E-state index contributed by atoms with van der Waals surface area (Å²) in [6.45, 7) is 3.82. The first-order chi connectivity index (χ1) is 10.3. The highest BCUT2D eigenvalue weighted by atomic mass is 16.6. The Morgan fingerprint density at radius 3 is 2.23 bits per heavy atom. The van der Waals surface area contributed by atoms with Crippen LogP contribution in [0.2, 0.25) is 0 Å². The van der Waals surface area contributed by atoms with Crippen LogP contribution in [0.25, 0.3) is 0 Å². The van der Waals surface area contributed by atoms with Gasteiger partial charge in [0.25, 0.3) is 0 Å². The summed E-state index contributed by atoms with van der Waals surface area (Å²) in [6.07, 6.45) is 4.83. The van der Waals surface area contributed by atoms with Crippen molar-refractivity contribution in [2.24, 2.45) is 17.3 Å². The van der Waals surface area contributed by atoms with Gasteiger partial charge in [-0.2, -0.15) is 0 Å². The third-order valence-electron chi connectivity index (χ3n) is 5.29. The topological polar surface area (TPSA) is 99.7 Å². The number of carboxylic acid groups (broad SMARTS) is 2. The standard InChI is InChI=1S/C16H22O6/c1-8-11(21-8)6-10-4-3-5-16(15(19)20,13(10)14(17)18)7-12-9(2)22-12/h3,5,8-13H,4,6-7H2,1-2H3,(H,17,18)(H,19,20). The van der Waals surface area contributed by atoms with Crippen LogP contribution in [0.15, 0.2) is 12.2 Å². The molecule has 7 unspecified atom stereocenters. The molecule has 3 rings (SSSR count). The highest BCUT2D eigenvalue weighted by Gasteiger charge is 2.57. The highest BCUT2D eigenvalue weighted by molar-refractivity contribution is 5.86. The van der Waals surface area contributed by atoms with E-state index in [2.05, 4.69) is 0 Å². The number of aliphatic carboxylic acids is 2. The second kappa shape index (κ2) is 5.35. The zero-order valence-electron chi connectivity index (χ0n) is 12.8. The molecular weight excluding hydrogens is 288 g/mol. The van der Waals surface area contributed by atoms with E-state index >= 15 is 0 Å². The number of hydrogen-bond donors (Lipinski definition) is 2. The van der Waals surface area contributed by atoms with Crippen LogP contribution in [0.5, 0.6) is 0 Å². The van der Waals surface area contributed by atoms with E-state index in [9.17, 15) is 19.8 Å². The van der Waals surface area contributed by atoms with Crippen LogP contribution in [0.4, 0.5) is 0 Å². The van der Waals surface area contributed by atoms with Crippen molar-refractivity contribution < 1.29 is 29.3 Å². The molecule has 0 bridgehead atoms. The lowest BCUT2D eigenvalue weighted by Gasteiger charge is -2.39. The summed E-state index contributed by atoms with van der Waals surface area (Å²) in [5.74, 6) is -3.28. The summed E-state index contributed by atoms with van der Waals surface area (Å²) < 4.78 is 10.8. The maximum Gasteiger partial charge on any atom is 0.314 e. The lowest BCUT2D eigenvalue weighted by molar-refractivity contribution is -0.163. The summed E-state index contributed by atoms with van der Waals surface area (Å²) in [7, 11) is 0. The molecule has 2 aliphatic heterocycles. The van der Waals surface area contributed by atoms with Crippen LogP contribution in [-0.2, 0) is 19.1 Å². The van der Waals surface area contributed by atoms with Crippen LogP contribution >= 0.6 is 0 Å². The summed E-state index contributed by atoms with van der Waals surface area (Å²) in [5.41, 5.74) is -1.39. The number of carboxylic acids is 2. The van der Waals surface area contributed by atoms with Crippen molar-refractivity contribution in [3.8, 4) is 0 Å². The van der Waals surface area contributed by atoms with E-state index in [1.165, 1.54) is 0 Å². The van der Waals surface area contributed by atoms with Crippen LogP contribution in [0.1, 0.15) is 33.1 Å². The quantitative estimate of drug-likeness (QED) is 0.572. The van der Waals surface area contributed by atoms with Crippen molar-refractivity contribution in [2.75, 3.05) is 0 Å². The minimum atomic E-state index is -1.39. The summed E-state index contributed by atoms with van der Waals surface area (Å²) >= 11 is 0. The summed E-state index contributed by atoms with van der Waals surface area (Å²) in [4.78, 5) is 23.8. The zero-order chi connectivity index (χ0) is 16.1. The van der Waals surface area contributed by atoms with Gasteiger partial charge in [0.1, 0.15) is 5.41 Å². The second-order valence-corrected chi connectivity index (χ2v) is 6.76. The molecular formula is C16H22O6. The summed E-state index contributed by atoms with van der Waals surface area (Å²) in [6, 6.07) is 0. The predicted molar refractivity (Wildman–Crippen MR) is 76.3 cm³/mol. The fourth-order valence-corrected chi connectivity index (χ4v) is 3.81. The van der Waals surface area contributed by atoms with Gasteiger partial charge in [-0.25, -0.2) is 0 Å². The number of ether oxygens (including phenoxy) is 2. The molecule has 0 saturated carbocycles. The van der Waals surface area contributed by atoms with Gasteiger partial charge in [0.15, 0.2) is 0 Å². The second-order valence-electron chi connectivity index (χ2n) is 6.76. The molecule has 7 atom stereocenters. The van der Waals surface area contributed by atoms with Crippen molar-refractivity contribution in [3.63, 3.8) is 0 Å². The number of carbonyl (C=O) groups is 2. The average molecular weight is 310 g/mol. The van der Waals surface area contributed by atoms with Gasteiger partial charge in [-0.05, 0) is 39.0 Å². The van der Waals surface area contributed by atoms with Gasteiger partial charge in [-0.15, -0.1) is 0 Å². The molecule has 122 valence electrons. The molecule has 2 heterocycles. The highest BCUT2D eigenvalue weighted by Crippen LogP contribution is 2.49. The minimum absolute atomic E-state index is 0.00577. The average Bonchev–Trinajstić information content (AvgIpc) is 3.30. The van der Waals surface area contributed by atoms with Crippen LogP contribution < -0.4 is 0 Å². The lowest BCUT2D eigenvalue weighted by atomic mass is 9.61. The maximum absolute atomic E-state index is 12.0. The zero-order valence-corrected chi connectivity index (χ0v) is 12.8. The Morgan fingerprint density at radius 2 is 1.77 bits per heavy atom. The number of rotatable bonds is 6. The molecule has 0 spiro atoms. The van der Waals surface area contributed by atoms with Crippen molar-refractivity contribution in [1.82, 2.24) is 0 Å². The van der Waals surface area contributed by atoms with E-state index in [1.807, 2.05) is 19.9 Å². The third kappa shape index (κ3) is 2.65. The number of allylic oxidation sites excluding steroid dienone is 1. The molecule has 6 heteroatoms. The summed E-state index contributed by atoms with van der Waals surface area (Å²) in [5, 5.41) is 19.5. The van der Waals surface area contributed by atoms with Crippen LogP contribution in [0, 0.1) is 17.3 Å².